The molecule has 0 fully saturated rings. The molecule has 0 unspecified atom stereocenters. The van der Waals surface area contributed by atoms with Gasteiger partial charge in [0.1, 0.15) is 17.5 Å². The molecule has 0 aliphatic rings. The Morgan fingerprint density at radius 3 is 2.60 bits per heavy atom. The number of unbranched alkanes of at least 4 members (excludes halogenated alkanes) is 1. The van der Waals surface area contributed by atoms with Gasteiger partial charge in [0, 0.05) is 18.3 Å². The third-order valence-corrected chi connectivity index (χ3v) is 3.25. The van der Waals surface area contributed by atoms with E-state index >= 15 is 0 Å². The van der Waals surface area contributed by atoms with Gasteiger partial charge in [0.15, 0.2) is 0 Å². The predicted molar refractivity (Wildman–Crippen MR) is 82.5 cm³/mol. The van der Waals surface area contributed by atoms with Crippen LogP contribution in [0, 0.1) is 18.3 Å². The smallest absolute Gasteiger partial charge is 0.144 e. The summed E-state index contributed by atoms with van der Waals surface area (Å²) in [7, 11) is 0. The summed E-state index contributed by atoms with van der Waals surface area (Å²) in [5.41, 5.74) is 3.81. The fourth-order valence-electron chi connectivity index (χ4n) is 2.07. The van der Waals surface area contributed by atoms with Crippen molar-refractivity contribution in [2.75, 3.05) is 11.9 Å². The van der Waals surface area contributed by atoms with E-state index in [-0.39, 0.29) is 0 Å². The Morgan fingerprint density at radius 2 is 1.95 bits per heavy atom. The maximum Gasteiger partial charge on any atom is 0.144 e. The Hall–Kier alpha value is -2.34. The summed E-state index contributed by atoms with van der Waals surface area (Å²) in [6.07, 6.45) is 3.94. The average Bonchev–Trinajstić information content (AvgIpc) is 2.48. The van der Waals surface area contributed by atoms with E-state index in [1.54, 1.807) is 6.20 Å². The van der Waals surface area contributed by atoms with Crippen LogP contribution in [0.5, 0.6) is 0 Å². The van der Waals surface area contributed by atoms with Crippen LogP contribution in [-0.2, 0) is 0 Å². The molecule has 1 aromatic carbocycles. The lowest BCUT2D eigenvalue weighted by atomic mass is 10.0. The van der Waals surface area contributed by atoms with Crippen molar-refractivity contribution in [3.05, 3.63) is 47.7 Å². The van der Waals surface area contributed by atoms with E-state index in [0.29, 0.717) is 11.4 Å². The van der Waals surface area contributed by atoms with Gasteiger partial charge in [-0.25, -0.2) is 4.98 Å². The van der Waals surface area contributed by atoms with Gasteiger partial charge in [-0.3, -0.25) is 0 Å². The number of pyridine rings is 1. The minimum atomic E-state index is 0.618. The molecule has 0 saturated carbocycles. The third kappa shape index (κ3) is 3.16. The lowest BCUT2D eigenvalue weighted by Crippen LogP contribution is -2.05. The fraction of sp³-hybridized carbons (Fsp3) is 0.294. The van der Waals surface area contributed by atoms with Gasteiger partial charge in [-0.2, -0.15) is 5.26 Å². The molecule has 0 saturated heterocycles. The Labute approximate surface area is 120 Å². The van der Waals surface area contributed by atoms with E-state index in [1.165, 1.54) is 5.56 Å². The molecule has 0 aliphatic heterocycles. The topological polar surface area (TPSA) is 48.7 Å². The van der Waals surface area contributed by atoms with Crippen LogP contribution in [0.25, 0.3) is 11.1 Å². The molecule has 1 heterocycles. The molecule has 3 heteroatoms. The summed E-state index contributed by atoms with van der Waals surface area (Å²) in [5.74, 6) is 0.680. The summed E-state index contributed by atoms with van der Waals surface area (Å²) >= 11 is 0. The number of rotatable bonds is 5. The molecular formula is C17H19N3. The van der Waals surface area contributed by atoms with Crippen molar-refractivity contribution in [3.8, 4) is 17.2 Å². The number of hydrogen-bond donors (Lipinski definition) is 1. The molecule has 1 aromatic heterocycles. The number of nitrogens with one attached hydrogen (secondary N) is 1. The SMILES string of the molecule is CCCCNc1nccc(-c2ccc(C)cc2)c1C#N. The van der Waals surface area contributed by atoms with Gasteiger partial charge in [-0.15, -0.1) is 0 Å². The first-order chi connectivity index (χ1) is 9.76. The van der Waals surface area contributed by atoms with Crippen LogP contribution in [0.15, 0.2) is 36.5 Å². The van der Waals surface area contributed by atoms with Gasteiger partial charge < -0.3 is 5.32 Å². The molecule has 0 radical (unpaired) electrons. The highest BCUT2D eigenvalue weighted by molar-refractivity contribution is 5.75. The number of aromatic nitrogens is 1. The van der Waals surface area contributed by atoms with Gasteiger partial charge in [0.2, 0.25) is 0 Å². The minimum Gasteiger partial charge on any atom is -0.369 e. The standard InChI is InChI=1S/C17H19N3/c1-3-4-10-19-17-16(12-18)15(9-11-20-17)14-7-5-13(2)6-8-14/h5-9,11H,3-4,10H2,1-2H3,(H,19,20). The van der Waals surface area contributed by atoms with Crippen molar-refractivity contribution in [3.63, 3.8) is 0 Å². The van der Waals surface area contributed by atoms with Crippen molar-refractivity contribution in [2.24, 2.45) is 0 Å². The van der Waals surface area contributed by atoms with E-state index in [2.05, 4.69) is 42.4 Å². The fourth-order valence-corrected chi connectivity index (χ4v) is 2.07. The molecule has 2 rings (SSSR count). The Balaban J connectivity index is 2.36. The summed E-state index contributed by atoms with van der Waals surface area (Å²) in [6.45, 7) is 5.04. The van der Waals surface area contributed by atoms with Crippen LogP contribution in [0.1, 0.15) is 30.9 Å². The Kier molecular flexibility index (Phi) is 4.73. The second kappa shape index (κ2) is 6.72. The van der Waals surface area contributed by atoms with Gasteiger partial charge in [0.25, 0.3) is 0 Å². The zero-order valence-electron chi connectivity index (χ0n) is 12.0. The summed E-state index contributed by atoms with van der Waals surface area (Å²) in [4.78, 5) is 4.29. The number of anilines is 1. The zero-order valence-corrected chi connectivity index (χ0v) is 12.0. The van der Waals surface area contributed by atoms with Crippen molar-refractivity contribution < 1.29 is 0 Å². The van der Waals surface area contributed by atoms with Crippen LogP contribution in [0.2, 0.25) is 0 Å². The van der Waals surface area contributed by atoms with E-state index < -0.39 is 0 Å². The largest absolute Gasteiger partial charge is 0.369 e. The Morgan fingerprint density at radius 1 is 1.20 bits per heavy atom. The van der Waals surface area contributed by atoms with Crippen LogP contribution in [0.3, 0.4) is 0 Å². The number of hydrogen-bond acceptors (Lipinski definition) is 3. The number of aryl methyl sites for hydroxylation is 1. The highest BCUT2D eigenvalue weighted by atomic mass is 15.0. The first-order valence-corrected chi connectivity index (χ1v) is 6.96. The summed E-state index contributed by atoms with van der Waals surface area (Å²) in [6, 6.07) is 12.4. The van der Waals surface area contributed by atoms with E-state index in [0.717, 1.165) is 30.5 Å². The highest BCUT2D eigenvalue weighted by Gasteiger charge is 2.10. The monoisotopic (exact) mass is 265 g/mol. The molecule has 0 atom stereocenters. The molecule has 3 nitrogen and oxygen atoms in total. The maximum absolute atomic E-state index is 9.44. The average molecular weight is 265 g/mol. The third-order valence-electron chi connectivity index (χ3n) is 3.25. The highest BCUT2D eigenvalue weighted by Crippen LogP contribution is 2.27. The van der Waals surface area contributed by atoms with Crippen molar-refractivity contribution in [1.82, 2.24) is 4.98 Å². The second-order valence-corrected chi connectivity index (χ2v) is 4.84. The van der Waals surface area contributed by atoms with Crippen molar-refractivity contribution in [1.29, 1.82) is 5.26 Å². The van der Waals surface area contributed by atoms with Gasteiger partial charge in [-0.1, -0.05) is 43.2 Å². The number of nitriles is 1. The first kappa shape index (κ1) is 14.1. The maximum atomic E-state index is 9.44. The number of benzene rings is 1. The minimum absolute atomic E-state index is 0.618. The van der Waals surface area contributed by atoms with Gasteiger partial charge >= 0.3 is 0 Å². The first-order valence-electron chi connectivity index (χ1n) is 6.96. The van der Waals surface area contributed by atoms with Crippen LogP contribution >= 0.6 is 0 Å². The van der Waals surface area contributed by atoms with Crippen molar-refractivity contribution >= 4 is 5.82 Å². The van der Waals surface area contributed by atoms with E-state index in [9.17, 15) is 5.26 Å². The molecule has 0 bridgehead atoms. The summed E-state index contributed by atoms with van der Waals surface area (Å²) < 4.78 is 0. The van der Waals surface area contributed by atoms with Crippen LogP contribution in [-0.4, -0.2) is 11.5 Å². The summed E-state index contributed by atoms with van der Waals surface area (Å²) in [5, 5.41) is 12.7. The lowest BCUT2D eigenvalue weighted by molar-refractivity contribution is 0.831. The molecule has 2 aromatic rings. The quantitative estimate of drug-likeness (QED) is 0.826. The molecule has 102 valence electrons. The van der Waals surface area contributed by atoms with E-state index in [4.69, 9.17) is 0 Å². The molecule has 0 aliphatic carbocycles. The molecule has 1 N–H and O–H groups in total. The predicted octanol–water partition coefficient (Wildman–Crippen LogP) is 4.14. The molecular weight excluding hydrogens is 246 g/mol. The van der Waals surface area contributed by atoms with Crippen LogP contribution < -0.4 is 5.32 Å². The lowest BCUT2D eigenvalue weighted by Gasteiger charge is -2.10. The van der Waals surface area contributed by atoms with Crippen molar-refractivity contribution in [2.45, 2.75) is 26.7 Å². The number of nitrogens with zero attached hydrogens (tertiary/aromatic N) is 2. The van der Waals surface area contributed by atoms with Gasteiger partial charge in [0.05, 0.1) is 0 Å². The molecule has 20 heavy (non-hydrogen) atoms. The van der Waals surface area contributed by atoms with E-state index in [1.807, 2.05) is 18.2 Å². The van der Waals surface area contributed by atoms with Gasteiger partial charge in [-0.05, 0) is 25.0 Å². The molecule has 0 amide bonds. The van der Waals surface area contributed by atoms with Crippen LogP contribution in [0.4, 0.5) is 5.82 Å². The normalized spacial score (nSPS) is 10.1. The Bertz CT molecular complexity index is 609. The second-order valence-electron chi connectivity index (χ2n) is 4.84. The zero-order chi connectivity index (χ0) is 14.4. The molecule has 0 spiro atoms.